The summed E-state index contributed by atoms with van der Waals surface area (Å²) >= 11 is 0. The van der Waals surface area contributed by atoms with Crippen LogP contribution in [0.4, 0.5) is 5.69 Å². The molecule has 36 heavy (non-hydrogen) atoms. The number of amides is 2. The van der Waals surface area contributed by atoms with Crippen molar-refractivity contribution in [2.75, 3.05) is 25.6 Å². The highest BCUT2D eigenvalue weighted by Gasteiger charge is 2.62. The number of pyridine rings is 1. The van der Waals surface area contributed by atoms with Gasteiger partial charge in [-0.15, -0.1) is 0 Å². The molecule has 2 amide bonds. The second-order valence-electron chi connectivity index (χ2n) is 10.3. The van der Waals surface area contributed by atoms with Gasteiger partial charge < -0.3 is 19.9 Å². The van der Waals surface area contributed by atoms with Gasteiger partial charge in [0.15, 0.2) is 5.82 Å². The monoisotopic (exact) mass is 485 g/mol. The molecule has 1 aromatic carbocycles. The van der Waals surface area contributed by atoms with Crippen LogP contribution in [0.25, 0.3) is 22.6 Å². The number of ether oxygens (including phenoxy) is 1. The van der Waals surface area contributed by atoms with Crippen LogP contribution >= 0.6 is 0 Å². The van der Waals surface area contributed by atoms with Crippen molar-refractivity contribution < 1.29 is 14.3 Å². The number of rotatable bonds is 8. The first-order valence-corrected chi connectivity index (χ1v) is 12.7. The fraction of sp³-hybridized carbons (Fsp3) is 0.429. The van der Waals surface area contributed by atoms with Gasteiger partial charge in [-0.2, -0.15) is 0 Å². The van der Waals surface area contributed by atoms with Gasteiger partial charge in [-0.1, -0.05) is 18.2 Å². The van der Waals surface area contributed by atoms with Gasteiger partial charge in [-0.05, 0) is 66.7 Å². The third-order valence-electron chi connectivity index (χ3n) is 8.19. The molecular formula is C28H31N5O3. The van der Waals surface area contributed by atoms with Crippen molar-refractivity contribution in [3.8, 4) is 11.5 Å². The van der Waals surface area contributed by atoms with E-state index in [1.165, 1.54) is 19.8 Å². The van der Waals surface area contributed by atoms with Crippen LogP contribution in [0.2, 0.25) is 0 Å². The van der Waals surface area contributed by atoms with Crippen molar-refractivity contribution in [1.29, 1.82) is 0 Å². The number of nitrogens with one attached hydrogen (secondary N) is 2. The molecule has 2 fully saturated rings. The van der Waals surface area contributed by atoms with E-state index in [0.29, 0.717) is 76.7 Å². The third kappa shape index (κ3) is 3.80. The quantitative estimate of drug-likeness (QED) is 0.470. The molecule has 2 aromatic heterocycles. The highest BCUT2D eigenvalue weighted by atomic mass is 16.5. The minimum atomic E-state index is -0.201. The largest absolute Gasteiger partial charge is 0.383 e. The lowest BCUT2D eigenvalue weighted by atomic mass is 9.89. The molecule has 0 saturated heterocycles. The molecular weight excluding hydrogens is 454 g/mol. The highest BCUT2D eigenvalue weighted by molar-refractivity contribution is 6.08. The molecule has 8 heteroatoms. The van der Waals surface area contributed by atoms with Crippen molar-refractivity contribution in [1.82, 2.24) is 19.9 Å². The van der Waals surface area contributed by atoms with Gasteiger partial charge in [-0.3, -0.25) is 14.6 Å². The topological polar surface area (TPSA) is 98.1 Å². The Balaban J connectivity index is 1.37. The molecule has 2 N–H and O–H groups in total. The number of benzene rings is 1. The zero-order valence-electron chi connectivity index (χ0n) is 20.7. The Labute approximate surface area is 210 Å². The lowest BCUT2D eigenvalue weighted by Crippen LogP contribution is -2.32. The molecule has 3 unspecified atom stereocenters. The maximum absolute atomic E-state index is 13.7. The first-order chi connectivity index (χ1) is 17.5. The van der Waals surface area contributed by atoms with E-state index in [1.54, 1.807) is 25.4 Å². The van der Waals surface area contributed by atoms with Crippen molar-refractivity contribution in [3.05, 3.63) is 54.2 Å². The number of carbonyl (C=O) groups is 2. The zero-order valence-corrected chi connectivity index (χ0v) is 20.7. The number of nitrogens with zero attached hydrogens (tertiary/aromatic N) is 3. The second-order valence-corrected chi connectivity index (χ2v) is 10.3. The number of hydrogen-bond donors (Lipinski definition) is 2. The van der Waals surface area contributed by atoms with E-state index in [9.17, 15) is 9.59 Å². The molecule has 186 valence electrons. The lowest BCUT2D eigenvalue weighted by Gasteiger charge is -2.20. The smallest absolute Gasteiger partial charge is 0.253 e. The summed E-state index contributed by atoms with van der Waals surface area (Å²) in [5.41, 5.74) is 3.57. The molecule has 0 radical (unpaired) electrons. The summed E-state index contributed by atoms with van der Waals surface area (Å²) in [6.07, 6.45) is 10.3. The molecule has 8 nitrogen and oxygen atoms in total. The van der Waals surface area contributed by atoms with Crippen LogP contribution < -0.4 is 10.6 Å². The summed E-state index contributed by atoms with van der Waals surface area (Å²) in [5.74, 6) is 2.03. The van der Waals surface area contributed by atoms with Crippen LogP contribution in [-0.2, 0) is 16.1 Å². The first-order valence-electron chi connectivity index (χ1n) is 12.7. The Kier molecular flexibility index (Phi) is 5.63. The zero-order chi connectivity index (χ0) is 24.9. The maximum atomic E-state index is 13.7. The molecule has 0 aliphatic heterocycles. The average Bonchev–Trinajstić information content (AvgIpc) is 3.40. The average molecular weight is 486 g/mol. The van der Waals surface area contributed by atoms with Crippen LogP contribution in [-0.4, -0.2) is 46.6 Å². The number of allylic oxidation sites excluding steroid dienone is 2. The van der Waals surface area contributed by atoms with Gasteiger partial charge in [0.2, 0.25) is 5.91 Å². The SMILES string of the molecule is COCCn1c(-c2ccccn2)nc2cc(NC(C)=O)cc(C(=O)NCC3CC4C=CC3C43CC3)c21. The van der Waals surface area contributed by atoms with E-state index in [0.717, 1.165) is 6.42 Å². The molecule has 2 heterocycles. The number of hydrogen-bond acceptors (Lipinski definition) is 5. The van der Waals surface area contributed by atoms with E-state index in [2.05, 4.69) is 27.8 Å². The summed E-state index contributed by atoms with van der Waals surface area (Å²) in [6.45, 7) is 3.08. The summed E-state index contributed by atoms with van der Waals surface area (Å²) < 4.78 is 7.36. The highest BCUT2D eigenvalue weighted by Crippen LogP contribution is 2.69. The molecule has 1 spiro atoms. The van der Waals surface area contributed by atoms with E-state index < -0.39 is 0 Å². The van der Waals surface area contributed by atoms with E-state index >= 15 is 0 Å². The number of carbonyl (C=O) groups excluding carboxylic acids is 2. The lowest BCUT2D eigenvalue weighted by molar-refractivity contribution is -0.114. The fourth-order valence-electron chi connectivity index (χ4n) is 6.48. The molecule has 6 rings (SSSR count). The summed E-state index contributed by atoms with van der Waals surface area (Å²) in [5, 5.41) is 6.05. The van der Waals surface area contributed by atoms with Crippen LogP contribution in [0.1, 0.15) is 36.5 Å². The van der Waals surface area contributed by atoms with Crippen molar-refractivity contribution in [2.24, 2.45) is 23.2 Å². The Hall–Kier alpha value is -3.52. The normalized spacial score (nSPS) is 22.9. The van der Waals surface area contributed by atoms with Gasteiger partial charge in [-0.25, -0.2) is 4.98 Å². The Bertz CT molecular complexity index is 1360. The minimum absolute atomic E-state index is 0.157. The second kappa shape index (κ2) is 8.85. The third-order valence-corrected chi connectivity index (χ3v) is 8.19. The first kappa shape index (κ1) is 22.9. The summed E-state index contributed by atoms with van der Waals surface area (Å²) in [6, 6.07) is 9.22. The van der Waals surface area contributed by atoms with Crippen LogP contribution in [0.5, 0.6) is 0 Å². The standard InChI is InChI=1S/C28H31N5O3/c1-17(34)31-20-14-21(27(35)30-16-18-13-19-6-7-22(18)28(19)8-9-28)25-24(15-20)32-26(33(25)11-12-36-2)23-5-3-4-10-29-23/h3-7,10,14-15,18-19,22H,8-9,11-13,16H2,1-2H3,(H,30,35)(H,31,34). The predicted molar refractivity (Wildman–Crippen MR) is 137 cm³/mol. The van der Waals surface area contributed by atoms with Crippen LogP contribution in [0.15, 0.2) is 48.7 Å². The van der Waals surface area contributed by atoms with Gasteiger partial charge in [0.1, 0.15) is 5.69 Å². The molecule has 2 saturated carbocycles. The molecule has 3 aromatic rings. The van der Waals surface area contributed by atoms with Crippen molar-refractivity contribution in [3.63, 3.8) is 0 Å². The summed E-state index contributed by atoms with van der Waals surface area (Å²) in [4.78, 5) is 34.8. The van der Waals surface area contributed by atoms with Gasteiger partial charge in [0, 0.05) is 39.0 Å². The Morgan fingerprint density at radius 1 is 1.22 bits per heavy atom. The van der Waals surface area contributed by atoms with Crippen LogP contribution in [0, 0.1) is 23.2 Å². The Morgan fingerprint density at radius 3 is 2.78 bits per heavy atom. The molecule has 3 atom stereocenters. The molecule has 3 aliphatic carbocycles. The number of anilines is 1. The summed E-state index contributed by atoms with van der Waals surface area (Å²) in [7, 11) is 1.65. The molecule has 2 bridgehead atoms. The molecule has 3 aliphatic rings. The number of aromatic nitrogens is 3. The van der Waals surface area contributed by atoms with E-state index in [-0.39, 0.29) is 11.8 Å². The minimum Gasteiger partial charge on any atom is -0.383 e. The van der Waals surface area contributed by atoms with Gasteiger partial charge in [0.05, 0.1) is 23.2 Å². The van der Waals surface area contributed by atoms with Crippen molar-refractivity contribution in [2.45, 2.75) is 32.7 Å². The van der Waals surface area contributed by atoms with Crippen LogP contribution in [0.3, 0.4) is 0 Å². The predicted octanol–water partition coefficient (Wildman–Crippen LogP) is 4.04. The number of methoxy groups -OCH3 is 1. The van der Waals surface area contributed by atoms with Gasteiger partial charge in [0.25, 0.3) is 5.91 Å². The van der Waals surface area contributed by atoms with E-state index in [4.69, 9.17) is 9.72 Å². The fourth-order valence-corrected chi connectivity index (χ4v) is 6.48. The van der Waals surface area contributed by atoms with E-state index in [1.807, 2.05) is 22.8 Å². The number of imidazole rings is 1. The number of fused-ring (bicyclic) bond motifs is 1. The van der Waals surface area contributed by atoms with Crippen molar-refractivity contribution >= 4 is 28.5 Å². The van der Waals surface area contributed by atoms with Gasteiger partial charge >= 0.3 is 0 Å². The Morgan fingerprint density at radius 2 is 2.08 bits per heavy atom. The maximum Gasteiger partial charge on any atom is 0.253 e.